The first-order valence-corrected chi connectivity index (χ1v) is 9.14. The molecule has 4 heteroatoms. The van der Waals surface area contributed by atoms with Crippen molar-refractivity contribution in [1.82, 2.24) is 0 Å². The molecule has 0 amide bonds. The van der Waals surface area contributed by atoms with Crippen molar-refractivity contribution in [2.75, 3.05) is 0 Å². The van der Waals surface area contributed by atoms with E-state index in [-0.39, 0.29) is 5.38 Å². The summed E-state index contributed by atoms with van der Waals surface area (Å²) in [6.45, 7) is 0. The minimum absolute atomic E-state index is 0.112. The zero-order valence-electron chi connectivity index (χ0n) is 10.2. The molecule has 0 nitrogen and oxygen atoms in total. The predicted molar refractivity (Wildman–Crippen MR) is 90.3 cm³/mol. The molecule has 19 heavy (non-hydrogen) atoms. The van der Waals surface area contributed by atoms with Crippen molar-refractivity contribution < 1.29 is 0 Å². The average molecular weight is 421 g/mol. The highest BCUT2D eigenvalue weighted by molar-refractivity contribution is 9.13. The lowest BCUT2D eigenvalue weighted by Gasteiger charge is -2.27. The summed E-state index contributed by atoms with van der Waals surface area (Å²) < 4.78 is 2.23. The van der Waals surface area contributed by atoms with Crippen LogP contribution in [0.2, 0.25) is 0 Å². The Labute approximate surface area is 139 Å². The molecule has 2 unspecified atom stereocenters. The molecule has 1 aromatic heterocycles. The minimum atomic E-state index is 0.112. The van der Waals surface area contributed by atoms with E-state index in [1.54, 1.807) is 11.3 Å². The van der Waals surface area contributed by atoms with Gasteiger partial charge in [0, 0.05) is 9.35 Å². The second kappa shape index (κ2) is 5.88. The molecule has 0 bridgehead atoms. The van der Waals surface area contributed by atoms with E-state index < -0.39 is 0 Å². The molecule has 0 N–H and O–H groups in total. The third-order valence-electron chi connectivity index (χ3n) is 3.73. The Morgan fingerprint density at radius 3 is 2.63 bits per heavy atom. The van der Waals surface area contributed by atoms with Gasteiger partial charge in [-0.25, -0.2) is 0 Å². The molecule has 2 atom stereocenters. The summed E-state index contributed by atoms with van der Waals surface area (Å²) in [5, 5.41) is 0.112. The molecule has 0 radical (unpaired) electrons. The van der Waals surface area contributed by atoms with Gasteiger partial charge in [-0.1, -0.05) is 24.3 Å². The number of hydrogen-bond donors (Lipinski definition) is 0. The van der Waals surface area contributed by atoms with Gasteiger partial charge in [0.2, 0.25) is 0 Å². The topological polar surface area (TPSA) is 0 Å². The number of rotatable bonds is 2. The molecule has 2 aromatic rings. The first-order chi connectivity index (χ1) is 9.15. The second-order valence-electron chi connectivity index (χ2n) is 4.94. The molecule has 100 valence electrons. The van der Waals surface area contributed by atoms with Crippen LogP contribution < -0.4 is 0 Å². The fraction of sp³-hybridized carbons (Fsp3) is 0.333. The summed E-state index contributed by atoms with van der Waals surface area (Å²) in [5.74, 6) is 0.536. The van der Waals surface area contributed by atoms with Gasteiger partial charge in [0.15, 0.2) is 0 Å². The van der Waals surface area contributed by atoms with Gasteiger partial charge < -0.3 is 0 Å². The summed E-state index contributed by atoms with van der Waals surface area (Å²) in [6.07, 6.45) is 3.42. The van der Waals surface area contributed by atoms with Gasteiger partial charge in [-0.05, 0) is 74.2 Å². The normalized spacial score (nSPS) is 20.1. The molecule has 0 saturated carbocycles. The zero-order valence-corrected chi connectivity index (χ0v) is 14.9. The molecule has 1 aromatic carbocycles. The van der Waals surface area contributed by atoms with Gasteiger partial charge in [-0.3, -0.25) is 0 Å². The summed E-state index contributed by atoms with van der Waals surface area (Å²) in [6, 6.07) is 10.9. The fourth-order valence-electron chi connectivity index (χ4n) is 2.71. The van der Waals surface area contributed by atoms with Gasteiger partial charge in [-0.15, -0.1) is 22.9 Å². The van der Waals surface area contributed by atoms with Crippen molar-refractivity contribution in [2.24, 2.45) is 5.92 Å². The Hall–Kier alpha value is 0.170. The standard InChI is InChI=1S/C15H13Br2ClS/c16-12-8-13(19-15(12)17)14(18)11-6-5-9-3-1-2-4-10(9)7-11/h1-4,8,11,14H,5-7H2. The third-order valence-corrected chi connectivity index (χ3v) is 7.80. The van der Waals surface area contributed by atoms with Crippen LogP contribution in [0.5, 0.6) is 0 Å². The molecular weight excluding hydrogens is 407 g/mol. The number of halogens is 3. The number of hydrogen-bond acceptors (Lipinski definition) is 1. The summed E-state index contributed by atoms with van der Waals surface area (Å²) in [4.78, 5) is 1.25. The van der Waals surface area contributed by atoms with E-state index in [1.165, 1.54) is 22.4 Å². The fourth-order valence-corrected chi connectivity index (χ4v) is 5.28. The number of aryl methyl sites for hydroxylation is 1. The quantitative estimate of drug-likeness (QED) is 0.496. The largest absolute Gasteiger partial charge is 0.130 e. The lowest BCUT2D eigenvalue weighted by atomic mass is 9.82. The van der Waals surface area contributed by atoms with E-state index in [4.69, 9.17) is 11.6 Å². The van der Waals surface area contributed by atoms with E-state index in [9.17, 15) is 0 Å². The molecule has 1 heterocycles. The summed E-state index contributed by atoms with van der Waals surface area (Å²) in [5.41, 5.74) is 2.97. The predicted octanol–water partition coefficient (Wildman–Crippen LogP) is 6.36. The van der Waals surface area contributed by atoms with Crippen LogP contribution in [-0.2, 0) is 12.8 Å². The Bertz CT molecular complexity index is 574. The monoisotopic (exact) mass is 418 g/mol. The van der Waals surface area contributed by atoms with Crippen LogP contribution in [-0.4, -0.2) is 0 Å². The Balaban J connectivity index is 1.81. The van der Waals surface area contributed by atoms with Gasteiger partial charge >= 0.3 is 0 Å². The molecule has 3 rings (SSSR count). The number of fused-ring (bicyclic) bond motifs is 1. The molecule has 1 aliphatic carbocycles. The second-order valence-corrected chi connectivity index (χ2v) is 8.67. The smallest absolute Gasteiger partial charge is 0.0843 e. The lowest BCUT2D eigenvalue weighted by Crippen LogP contribution is -2.17. The highest BCUT2D eigenvalue weighted by atomic mass is 79.9. The molecular formula is C15H13Br2ClS. The maximum atomic E-state index is 6.71. The van der Waals surface area contributed by atoms with E-state index >= 15 is 0 Å². The van der Waals surface area contributed by atoms with Crippen molar-refractivity contribution in [3.05, 3.63) is 54.6 Å². The Morgan fingerprint density at radius 1 is 1.21 bits per heavy atom. The third kappa shape index (κ3) is 2.94. The highest BCUT2D eigenvalue weighted by Crippen LogP contribution is 2.44. The van der Waals surface area contributed by atoms with E-state index in [1.807, 2.05) is 0 Å². The molecule has 1 aliphatic rings. The Morgan fingerprint density at radius 2 is 1.95 bits per heavy atom. The molecule has 0 saturated heterocycles. The number of alkyl halides is 1. The van der Waals surface area contributed by atoms with E-state index in [2.05, 4.69) is 62.2 Å². The molecule has 0 aliphatic heterocycles. The van der Waals surface area contributed by atoms with Crippen LogP contribution >= 0.6 is 54.8 Å². The first-order valence-electron chi connectivity index (χ1n) is 6.30. The van der Waals surface area contributed by atoms with Gasteiger partial charge in [0.25, 0.3) is 0 Å². The van der Waals surface area contributed by atoms with E-state index in [0.29, 0.717) is 5.92 Å². The first kappa shape index (κ1) is 14.1. The lowest BCUT2D eigenvalue weighted by molar-refractivity contribution is 0.446. The van der Waals surface area contributed by atoms with Gasteiger partial charge in [0.05, 0.1) is 9.16 Å². The Kier molecular flexibility index (Phi) is 4.37. The zero-order chi connectivity index (χ0) is 13.4. The molecule has 0 fully saturated rings. The number of benzene rings is 1. The van der Waals surface area contributed by atoms with Crippen LogP contribution in [0.25, 0.3) is 0 Å². The van der Waals surface area contributed by atoms with Crippen LogP contribution in [0.3, 0.4) is 0 Å². The maximum Gasteiger partial charge on any atom is 0.0843 e. The van der Waals surface area contributed by atoms with Crippen molar-refractivity contribution in [3.63, 3.8) is 0 Å². The minimum Gasteiger partial charge on any atom is -0.130 e. The van der Waals surface area contributed by atoms with Crippen molar-refractivity contribution in [2.45, 2.75) is 24.6 Å². The number of thiophene rings is 1. The van der Waals surface area contributed by atoms with E-state index in [0.717, 1.165) is 21.1 Å². The maximum absolute atomic E-state index is 6.71. The molecule has 0 spiro atoms. The average Bonchev–Trinajstić information content (AvgIpc) is 2.77. The van der Waals surface area contributed by atoms with Crippen LogP contribution in [0.4, 0.5) is 0 Å². The van der Waals surface area contributed by atoms with Crippen LogP contribution in [0, 0.1) is 5.92 Å². The van der Waals surface area contributed by atoms with Gasteiger partial charge in [0.1, 0.15) is 0 Å². The highest BCUT2D eigenvalue weighted by Gasteiger charge is 2.27. The summed E-state index contributed by atoms with van der Waals surface area (Å²) >= 11 is 15.5. The summed E-state index contributed by atoms with van der Waals surface area (Å²) in [7, 11) is 0. The van der Waals surface area contributed by atoms with Crippen LogP contribution in [0.15, 0.2) is 38.6 Å². The SMILES string of the molecule is ClC(c1cc(Br)c(Br)s1)C1CCc2ccccc2C1. The van der Waals surface area contributed by atoms with Crippen molar-refractivity contribution in [3.8, 4) is 0 Å². The van der Waals surface area contributed by atoms with Crippen LogP contribution in [0.1, 0.15) is 27.8 Å². The van der Waals surface area contributed by atoms with Crippen molar-refractivity contribution in [1.29, 1.82) is 0 Å². The van der Waals surface area contributed by atoms with Crippen molar-refractivity contribution >= 4 is 54.8 Å². The van der Waals surface area contributed by atoms with Gasteiger partial charge in [-0.2, -0.15) is 0 Å².